The summed E-state index contributed by atoms with van der Waals surface area (Å²) >= 11 is 0. The molecule has 1 aliphatic heterocycles. The van der Waals surface area contributed by atoms with Crippen LogP contribution >= 0.6 is 0 Å². The smallest absolute Gasteiger partial charge is 0.270 e. The molecule has 25 heavy (non-hydrogen) atoms. The first-order chi connectivity index (χ1) is 12.2. The zero-order valence-corrected chi connectivity index (χ0v) is 15.0. The van der Waals surface area contributed by atoms with Gasteiger partial charge in [-0.3, -0.25) is 9.48 Å². The van der Waals surface area contributed by atoms with E-state index in [1.165, 1.54) is 18.4 Å². The van der Waals surface area contributed by atoms with E-state index in [1.54, 1.807) is 0 Å². The maximum absolute atomic E-state index is 12.9. The number of nitrogens with zero attached hydrogens (tertiary/aromatic N) is 4. The second-order valence-electron chi connectivity index (χ2n) is 7.25. The normalized spacial score (nSPS) is 19.9. The molecule has 1 saturated carbocycles. The average Bonchev–Trinajstić information content (AvgIpc) is 3.15. The third-order valence-corrected chi connectivity index (χ3v) is 5.17. The van der Waals surface area contributed by atoms with Gasteiger partial charge < -0.3 is 14.2 Å². The molecule has 1 amide bonds. The number of carbonyl (C=O) groups excluding carboxylic acids is 1. The van der Waals surface area contributed by atoms with Crippen molar-refractivity contribution in [3.63, 3.8) is 0 Å². The Morgan fingerprint density at radius 3 is 2.92 bits per heavy atom. The Balaban J connectivity index is 1.58. The molecule has 0 saturated heterocycles. The zero-order valence-electron chi connectivity index (χ0n) is 15.0. The number of rotatable bonds is 6. The lowest BCUT2D eigenvalue weighted by molar-refractivity contribution is 0.0643. The van der Waals surface area contributed by atoms with Crippen LogP contribution in [0.5, 0.6) is 0 Å². The van der Waals surface area contributed by atoms with Gasteiger partial charge in [0.05, 0.1) is 12.3 Å². The third kappa shape index (κ3) is 3.35. The topological polar surface area (TPSA) is 52.3 Å². The van der Waals surface area contributed by atoms with E-state index in [0.717, 1.165) is 23.9 Å². The Kier molecular flexibility index (Phi) is 4.37. The molecule has 6 nitrogen and oxygen atoms in total. The van der Waals surface area contributed by atoms with Crippen LogP contribution in [-0.4, -0.2) is 44.9 Å². The van der Waals surface area contributed by atoms with Gasteiger partial charge in [-0.25, -0.2) is 0 Å². The second-order valence-corrected chi connectivity index (χ2v) is 7.25. The van der Waals surface area contributed by atoms with Crippen LogP contribution in [-0.2, 0) is 24.9 Å². The predicted octanol–water partition coefficient (Wildman–Crippen LogP) is 2.41. The molecule has 2 aromatic heterocycles. The SMILES string of the molecule is CCOC[C@@H]1CN(C(=O)c2cccn2C)Cc2cn(CC3CC3)nc21. The molecule has 134 valence electrons. The minimum atomic E-state index is 0.0783. The first-order valence-electron chi connectivity index (χ1n) is 9.20. The predicted molar refractivity (Wildman–Crippen MR) is 94.3 cm³/mol. The summed E-state index contributed by atoms with van der Waals surface area (Å²) in [6.45, 7) is 5.59. The van der Waals surface area contributed by atoms with Gasteiger partial charge in [0.2, 0.25) is 0 Å². The molecule has 0 radical (unpaired) electrons. The van der Waals surface area contributed by atoms with Gasteiger partial charge in [-0.2, -0.15) is 5.10 Å². The first-order valence-corrected chi connectivity index (χ1v) is 9.20. The van der Waals surface area contributed by atoms with Crippen LogP contribution in [0.4, 0.5) is 0 Å². The number of aromatic nitrogens is 3. The second kappa shape index (κ2) is 6.67. The summed E-state index contributed by atoms with van der Waals surface area (Å²) in [5, 5.41) is 4.83. The van der Waals surface area contributed by atoms with Gasteiger partial charge >= 0.3 is 0 Å². The number of hydrogen-bond acceptors (Lipinski definition) is 3. The molecule has 0 aromatic carbocycles. The van der Waals surface area contributed by atoms with Crippen molar-refractivity contribution in [2.24, 2.45) is 13.0 Å². The van der Waals surface area contributed by atoms with Gasteiger partial charge in [-0.05, 0) is 37.8 Å². The molecule has 0 spiro atoms. The van der Waals surface area contributed by atoms with Gasteiger partial charge in [-0.1, -0.05) is 0 Å². The van der Waals surface area contributed by atoms with Crippen LogP contribution in [0.1, 0.15) is 47.4 Å². The largest absolute Gasteiger partial charge is 0.381 e. The summed E-state index contributed by atoms with van der Waals surface area (Å²) in [5.74, 6) is 1.01. The highest BCUT2D eigenvalue weighted by Crippen LogP contribution is 2.33. The molecular weight excluding hydrogens is 316 g/mol. The van der Waals surface area contributed by atoms with Gasteiger partial charge in [0.25, 0.3) is 5.91 Å². The molecule has 2 aromatic rings. The molecule has 4 rings (SSSR count). The van der Waals surface area contributed by atoms with E-state index in [2.05, 4.69) is 10.9 Å². The molecule has 2 aliphatic rings. The van der Waals surface area contributed by atoms with Gasteiger partial charge in [0, 0.05) is 57.2 Å². The van der Waals surface area contributed by atoms with Crippen molar-refractivity contribution in [3.8, 4) is 0 Å². The lowest BCUT2D eigenvalue weighted by Gasteiger charge is -2.32. The molecule has 0 bridgehead atoms. The van der Waals surface area contributed by atoms with Crippen molar-refractivity contribution in [1.29, 1.82) is 0 Å². The summed E-state index contributed by atoms with van der Waals surface area (Å²) in [6.07, 6.45) is 6.67. The summed E-state index contributed by atoms with van der Waals surface area (Å²) < 4.78 is 9.64. The number of carbonyl (C=O) groups is 1. The van der Waals surface area contributed by atoms with Crippen LogP contribution in [0, 0.1) is 5.92 Å². The van der Waals surface area contributed by atoms with Crippen molar-refractivity contribution >= 4 is 5.91 Å². The summed E-state index contributed by atoms with van der Waals surface area (Å²) in [4.78, 5) is 14.9. The molecule has 0 unspecified atom stereocenters. The lowest BCUT2D eigenvalue weighted by Crippen LogP contribution is -2.40. The molecule has 1 aliphatic carbocycles. The number of amides is 1. The van der Waals surface area contributed by atoms with E-state index in [-0.39, 0.29) is 11.8 Å². The molecule has 1 fully saturated rings. The van der Waals surface area contributed by atoms with Crippen molar-refractivity contribution in [2.75, 3.05) is 19.8 Å². The van der Waals surface area contributed by atoms with Crippen molar-refractivity contribution in [3.05, 3.63) is 41.5 Å². The van der Waals surface area contributed by atoms with Crippen LogP contribution < -0.4 is 0 Å². The highest BCUT2D eigenvalue weighted by atomic mass is 16.5. The van der Waals surface area contributed by atoms with E-state index in [0.29, 0.717) is 26.3 Å². The fourth-order valence-corrected chi connectivity index (χ4v) is 3.62. The van der Waals surface area contributed by atoms with Crippen LogP contribution in [0.3, 0.4) is 0 Å². The average molecular weight is 342 g/mol. The Morgan fingerprint density at radius 2 is 2.24 bits per heavy atom. The fourth-order valence-electron chi connectivity index (χ4n) is 3.62. The minimum Gasteiger partial charge on any atom is -0.381 e. The van der Waals surface area contributed by atoms with Gasteiger partial charge in [0.1, 0.15) is 5.69 Å². The van der Waals surface area contributed by atoms with Crippen molar-refractivity contribution < 1.29 is 9.53 Å². The van der Waals surface area contributed by atoms with E-state index >= 15 is 0 Å². The number of fused-ring (bicyclic) bond motifs is 1. The number of ether oxygens (including phenoxy) is 1. The maximum Gasteiger partial charge on any atom is 0.270 e. The molecule has 3 heterocycles. The standard InChI is InChI=1S/C19H26N4O2/c1-3-25-13-16-11-22(19(24)17-5-4-8-21(17)2)10-15-12-23(20-18(15)16)9-14-6-7-14/h4-5,8,12,14,16H,3,6-7,9-11,13H2,1-2H3/t16-/m0/s1. The fraction of sp³-hybridized carbons (Fsp3) is 0.579. The third-order valence-electron chi connectivity index (χ3n) is 5.17. The zero-order chi connectivity index (χ0) is 17.4. The Bertz CT molecular complexity index is 759. The molecular formula is C19H26N4O2. The van der Waals surface area contributed by atoms with Crippen LogP contribution in [0.2, 0.25) is 0 Å². The van der Waals surface area contributed by atoms with Gasteiger partial charge in [-0.15, -0.1) is 0 Å². The van der Waals surface area contributed by atoms with E-state index < -0.39 is 0 Å². The monoisotopic (exact) mass is 342 g/mol. The quantitative estimate of drug-likeness (QED) is 0.810. The van der Waals surface area contributed by atoms with Crippen molar-refractivity contribution in [2.45, 2.75) is 38.8 Å². The molecule has 0 N–H and O–H groups in total. The van der Waals surface area contributed by atoms with E-state index in [4.69, 9.17) is 9.84 Å². The van der Waals surface area contributed by atoms with Gasteiger partial charge in [0.15, 0.2) is 0 Å². The lowest BCUT2D eigenvalue weighted by atomic mass is 9.97. The van der Waals surface area contributed by atoms with Crippen molar-refractivity contribution in [1.82, 2.24) is 19.2 Å². The Labute approximate surface area is 148 Å². The summed E-state index contributed by atoms with van der Waals surface area (Å²) in [6, 6.07) is 3.79. The Morgan fingerprint density at radius 1 is 1.40 bits per heavy atom. The maximum atomic E-state index is 12.9. The minimum absolute atomic E-state index is 0.0783. The van der Waals surface area contributed by atoms with Crippen LogP contribution in [0.25, 0.3) is 0 Å². The number of aryl methyl sites for hydroxylation is 1. The van der Waals surface area contributed by atoms with Crippen LogP contribution in [0.15, 0.2) is 24.5 Å². The highest BCUT2D eigenvalue weighted by molar-refractivity contribution is 5.93. The number of hydrogen-bond donors (Lipinski definition) is 0. The summed E-state index contributed by atoms with van der Waals surface area (Å²) in [5.41, 5.74) is 3.01. The summed E-state index contributed by atoms with van der Waals surface area (Å²) in [7, 11) is 1.91. The van der Waals surface area contributed by atoms with E-state index in [1.807, 2.05) is 41.8 Å². The highest BCUT2D eigenvalue weighted by Gasteiger charge is 2.33. The Hall–Kier alpha value is -2.08. The van der Waals surface area contributed by atoms with E-state index in [9.17, 15) is 4.79 Å². The molecule has 1 atom stereocenters. The first kappa shape index (κ1) is 16.4. The molecule has 6 heteroatoms.